The molecule has 106 valence electrons. The average molecular weight is 306 g/mol. The summed E-state index contributed by atoms with van der Waals surface area (Å²) in [5.74, 6) is -1.22. The molecule has 0 aliphatic carbocycles. The van der Waals surface area contributed by atoms with Crippen LogP contribution in [0.2, 0.25) is 0 Å². The lowest BCUT2D eigenvalue weighted by Gasteiger charge is -2.21. The van der Waals surface area contributed by atoms with Gasteiger partial charge in [-0.25, -0.2) is 22.9 Å². The zero-order valence-electron chi connectivity index (χ0n) is 10.0. The molecule has 0 amide bonds. The maximum atomic E-state index is 12.0. The Bertz CT molecular complexity index is 548. The van der Waals surface area contributed by atoms with Crippen LogP contribution in [0, 0.1) is 5.92 Å². The van der Waals surface area contributed by atoms with Crippen molar-refractivity contribution in [1.29, 1.82) is 0 Å². The Morgan fingerprint density at radius 2 is 2.42 bits per heavy atom. The Hall–Kier alpha value is -1.03. The standard InChI is InChI=1S/C10H14N2O5S2/c13-9(14)8-10(18-6-11-8)19(15,16)12-4-7-2-1-3-17-5-7/h6-7,12H,1-5H2,(H,13,14). The lowest BCUT2D eigenvalue weighted by atomic mass is 10.0. The maximum Gasteiger partial charge on any atom is 0.356 e. The summed E-state index contributed by atoms with van der Waals surface area (Å²) in [4.78, 5) is 14.4. The van der Waals surface area contributed by atoms with E-state index in [1.165, 1.54) is 5.51 Å². The fourth-order valence-electron chi connectivity index (χ4n) is 1.83. The number of rotatable bonds is 5. The number of hydrogen-bond acceptors (Lipinski definition) is 6. The first-order valence-electron chi connectivity index (χ1n) is 5.75. The van der Waals surface area contributed by atoms with Gasteiger partial charge in [0, 0.05) is 13.2 Å². The van der Waals surface area contributed by atoms with Crippen LogP contribution in [0.1, 0.15) is 23.3 Å². The fraction of sp³-hybridized carbons (Fsp3) is 0.600. The predicted octanol–water partition coefficient (Wildman–Crippen LogP) is 0.546. The highest BCUT2D eigenvalue weighted by molar-refractivity contribution is 7.91. The molecule has 0 bridgehead atoms. The lowest BCUT2D eigenvalue weighted by molar-refractivity contribution is 0.0567. The first-order valence-corrected chi connectivity index (χ1v) is 8.11. The minimum Gasteiger partial charge on any atom is -0.476 e. The van der Waals surface area contributed by atoms with E-state index in [2.05, 4.69) is 9.71 Å². The molecule has 2 rings (SSSR count). The largest absolute Gasteiger partial charge is 0.476 e. The van der Waals surface area contributed by atoms with Gasteiger partial charge >= 0.3 is 5.97 Å². The van der Waals surface area contributed by atoms with Crippen molar-refractivity contribution < 1.29 is 23.1 Å². The van der Waals surface area contributed by atoms with E-state index in [0.29, 0.717) is 13.2 Å². The summed E-state index contributed by atoms with van der Waals surface area (Å²) < 4.78 is 31.5. The highest BCUT2D eigenvalue weighted by Gasteiger charge is 2.26. The predicted molar refractivity (Wildman–Crippen MR) is 67.8 cm³/mol. The van der Waals surface area contributed by atoms with Gasteiger partial charge in [-0.3, -0.25) is 0 Å². The molecule has 1 fully saturated rings. The van der Waals surface area contributed by atoms with Crippen molar-refractivity contribution in [1.82, 2.24) is 9.71 Å². The molecule has 1 atom stereocenters. The second-order valence-corrected chi connectivity index (χ2v) is 7.05. The molecule has 0 spiro atoms. The smallest absolute Gasteiger partial charge is 0.356 e. The molecule has 1 saturated heterocycles. The first kappa shape index (κ1) is 14.4. The zero-order chi connectivity index (χ0) is 13.9. The Morgan fingerprint density at radius 3 is 3.05 bits per heavy atom. The Labute approximate surface area is 114 Å². The van der Waals surface area contributed by atoms with Crippen LogP contribution < -0.4 is 4.72 Å². The zero-order valence-corrected chi connectivity index (χ0v) is 11.7. The van der Waals surface area contributed by atoms with Gasteiger partial charge in [0.25, 0.3) is 10.0 Å². The number of carboxylic acid groups (broad SMARTS) is 1. The van der Waals surface area contributed by atoms with Crippen LogP contribution in [0.5, 0.6) is 0 Å². The van der Waals surface area contributed by atoms with Gasteiger partial charge in [-0.15, -0.1) is 11.3 Å². The van der Waals surface area contributed by atoms with E-state index in [4.69, 9.17) is 9.84 Å². The topological polar surface area (TPSA) is 106 Å². The molecular weight excluding hydrogens is 292 g/mol. The van der Waals surface area contributed by atoms with Crippen molar-refractivity contribution in [2.24, 2.45) is 5.92 Å². The number of sulfonamides is 1. The summed E-state index contributed by atoms with van der Waals surface area (Å²) in [5, 5.41) is 8.87. The average Bonchev–Trinajstić information content (AvgIpc) is 2.88. The van der Waals surface area contributed by atoms with E-state index in [-0.39, 0.29) is 16.7 Å². The summed E-state index contributed by atoms with van der Waals surface area (Å²) in [7, 11) is -3.82. The van der Waals surface area contributed by atoms with E-state index in [1.54, 1.807) is 0 Å². The third-order valence-corrected chi connectivity index (χ3v) is 5.59. The lowest BCUT2D eigenvalue weighted by Crippen LogP contribution is -2.33. The summed E-state index contributed by atoms with van der Waals surface area (Å²) in [6.07, 6.45) is 1.81. The van der Waals surface area contributed by atoms with Crippen LogP contribution in [0.15, 0.2) is 9.72 Å². The molecule has 9 heteroatoms. The molecule has 2 heterocycles. The monoisotopic (exact) mass is 306 g/mol. The molecule has 1 unspecified atom stereocenters. The normalized spacial score (nSPS) is 20.3. The molecule has 1 aliphatic heterocycles. The third kappa shape index (κ3) is 3.50. The molecule has 1 aromatic rings. The SMILES string of the molecule is O=C(O)c1ncsc1S(=O)(=O)NCC1CCCOC1. The van der Waals surface area contributed by atoms with Crippen molar-refractivity contribution in [3.05, 3.63) is 11.2 Å². The van der Waals surface area contributed by atoms with Crippen LogP contribution in [0.3, 0.4) is 0 Å². The summed E-state index contributed by atoms with van der Waals surface area (Å²) in [6.45, 7) is 1.48. The van der Waals surface area contributed by atoms with Gasteiger partial charge in [-0.1, -0.05) is 0 Å². The number of aromatic nitrogens is 1. The van der Waals surface area contributed by atoms with Gasteiger partial charge in [0.1, 0.15) is 0 Å². The minimum absolute atomic E-state index is 0.129. The number of thiazole rings is 1. The van der Waals surface area contributed by atoms with E-state index in [0.717, 1.165) is 24.2 Å². The molecule has 7 nitrogen and oxygen atoms in total. The molecule has 0 radical (unpaired) electrons. The first-order chi connectivity index (χ1) is 9.00. The van der Waals surface area contributed by atoms with E-state index in [1.807, 2.05) is 0 Å². The highest BCUT2D eigenvalue weighted by Crippen LogP contribution is 2.20. The van der Waals surface area contributed by atoms with Crippen LogP contribution in [0.25, 0.3) is 0 Å². The molecule has 1 aliphatic rings. The second-order valence-electron chi connectivity index (χ2n) is 4.23. The number of nitrogens with one attached hydrogen (secondary N) is 1. The van der Waals surface area contributed by atoms with Crippen LogP contribution >= 0.6 is 11.3 Å². The van der Waals surface area contributed by atoms with Gasteiger partial charge in [0.2, 0.25) is 0 Å². The van der Waals surface area contributed by atoms with Gasteiger partial charge < -0.3 is 9.84 Å². The van der Waals surface area contributed by atoms with Crippen LogP contribution in [-0.4, -0.2) is 44.2 Å². The summed E-state index contributed by atoms with van der Waals surface area (Å²) in [6, 6.07) is 0. The number of ether oxygens (including phenoxy) is 1. The highest BCUT2D eigenvalue weighted by atomic mass is 32.2. The van der Waals surface area contributed by atoms with E-state index >= 15 is 0 Å². The molecule has 19 heavy (non-hydrogen) atoms. The number of nitrogens with zero attached hydrogens (tertiary/aromatic N) is 1. The van der Waals surface area contributed by atoms with Gasteiger partial charge in [0.15, 0.2) is 9.90 Å². The van der Waals surface area contributed by atoms with Crippen molar-refractivity contribution in [3.63, 3.8) is 0 Å². The third-order valence-electron chi connectivity index (χ3n) is 2.80. The maximum absolute atomic E-state index is 12.0. The number of hydrogen-bond donors (Lipinski definition) is 2. The molecular formula is C10H14N2O5S2. The van der Waals surface area contributed by atoms with Crippen molar-refractivity contribution in [2.45, 2.75) is 17.1 Å². The number of carboxylic acids is 1. The van der Waals surface area contributed by atoms with E-state index < -0.39 is 21.7 Å². The molecule has 2 N–H and O–H groups in total. The fourth-order valence-corrected chi connectivity index (χ4v) is 4.13. The van der Waals surface area contributed by atoms with Gasteiger partial charge in [-0.2, -0.15) is 0 Å². The van der Waals surface area contributed by atoms with E-state index in [9.17, 15) is 13.2 Å². The summed E-state index contributed by atoms with van der Waals surface area (Å²) >= 11 is 0.798. The van der Waals surface area contributed by atoms with Crippen LogP contribution in [-0.2, 0) is 14.8 Å². The molecule has 0 saturated carbocycles. The number of aromatic carboxylic acids is 1. The molecule has 0 aromatic carbocycles. The second kappa shape index (κ2) is 5.95. The van der Waals surface area contributed by atoms with Gasteiger partial charge in [-0.05, 0) is 18.8 Å². The quantitative estimate of drug-likeness (QED) is 0.823. The Kier molecular flexibility index (Phi) is 4.50. The summed E-state index contributed by atoms with van der Waals surface area (Å²) in [5.41, 5.74) is 0.777. The Balaban J connectivity index is 2.05. The van der Waals surface area contributed by atoms with Crippen molar-refractivity contribution >= 4 is 27.3 Å². The van der Waals surface area contributed by atoms with Crippen molar-refractivity contribution in [2.75, 3.05) is 19.8 Å². The van der Waals surface area contributed by atoms with Crippen molar-refractivity contribution in [3.8, 4) is 0 Å². The molecule has 1 aromatic heterocycles. The number of carbonyl (C=O) groups is 1. The van der Waals surface area contributed by atoms with Gasteiger partial charge in [0.05, 0.1) is 12.1 Å². The Morgan fingerprint density at radius 1 is 1.63 bits per heavy atom. The minimum atomic E-state index is -3.82. The van der Waals surface area contributed by atoms with Crippen LogP contribution in [0.4, 0.5) is 0 Å².